The van der Waals surface area contributed by atoms with Crippen LogP contribution in [0.15, 0.2) is 24.3 Å². The number of hydrogen-bond donors (Lipinski definition) is 1. The van der Waals surface area contributed by atoms with E-state index in [0.717, 1.165) is 29.5 Å². The Morgan fingerprint density at radius 3 is 3.15 bits per heavy atom. The largest absolute Gasteiger partial charge is 0.378 e. The van der Waals surface area contributed by atoms with Crippen molar-refractivity contribution in [3.63, 3.8) is 0 Å². The molecule has 2 heterocycles. The van der Waals surface area contributed by atoms with Gasteiger partial charge in [0.25, 0.3) is 0 Å². The smallest absolute Gasteiger partial charge is 0.229 e. The second-order valence-electron chi connectivity index (χ2n) is 5.10. The molecule has 1 saturated heterocycles. The molecule has 2 aromatic rings. The monoisotopic (exact) mass is 290 g/mol. The number of hydrogen-bond acceptors (Lipinski definition) is 4. The summed E-state index contributed by atoms with van der Waals surface area (Å²) >= 11 is 1.52. The van der Waals surface area contributed by atoms with Crippen LogP contribution >= 0.6 is 11.3 Å². The van der Waals surface area contributed by atoms with Gasteiger partial charge in [0, 0.05) is 12.5 Å². The van der Waals surface area contributed by atoms with Gasteiger partial charge in [0.1, 0.15) is 0 Å². The summed E-state index contributed by atoms with van der Waals surface area (Å²) in [6, 6.07) is 7.92. The SMILES string of the molecule is CCC1CC(C(=O)Nc2nc3ccccc3s2)CCO1. The number of carbonyl (C=O) groups excluding carboxylic acids is 1. The van der Waals surface area contributed by atoms with Crippen molar-refractivity contribution in [1.29, 1.82) is 0 Å². The van der Waals surface area contributed by atoms with Gasteiger partial charge in [-0.15, -0.1) is 0 Å². The Kier molecular flexibility index (Phi) is 3.98. The number of ether oxygens (including phenoxy) is 1. The standard InChI is InChI=1S/C15H18N2O2S/c1-2-11-9-10(7-8-19-11)14(18)17-15-16-12-5-3-4-6-13(12)20-15/h3-6,10-11H,2,7-9H2,1H3,(H,16,17,18). The van der Waals surface area contributed by atoms with Crippen molar-refractivity contribution >= 4 is 32.6 Å². The lowest BCUT2D eigenvalue weighted by Crippen LogP contribution is -2.33. The van der Waals surface area contributed by atoms with Gasteiger partial charge in [-0.2, -0.15) is 0 Å². The molecule has 5 heteroatoms. The number of nitrogens with zero attached hydrogens (tertiary/aromatic N) is 1. The van der Waals surface area contributed by atoms with Gasteiger partial charge in [-0.3, -0.25) is 4.79 Å². The Balaban J connectivity index is 1.68. The number of nitrogens with one attached hydrogen (secondary N) is 1. The first kappa shape index (κ1) is 13.5. The molecule has 1 aliphatic heterocycles. The summed E-state index contributed by atoms with van der Waals surface area (Å²) in [5.41, 5.74) is 0.936. The van der Waals surface area contributed by atoms with Gasteiger partial charge >= 0.3 is 0 Å². The lowest BCUT2D eigenvalue weighted by molar-refractivity contribution is -0.124. The van der Waals surface area contributed by atoms with E-state index in [-0.39, 0.29) is 17.9 Å². The molecule has 106 valence electrons. The molecule has 1 N–H and O–H groups in total. The molecule has 0 radical (unpaired) electrons. The van der Waals surface area contributed by atoms with E-state index >= 15 is 0 Å². The Hall–Kier alpha value is -1.46. The summed E-state index contributed by atoms with van der Waals surface area (Å²) in [4.78, 5) is 16.7. The Labute approximate surface area is 122 Å². The molecule has 0 saturated carbocycles. The molecule has 2 unspecified atom stereocenters. The average molecular weight is 290 g/mol. The van der Waals surface area contributed by atoms with Gasteiger partial charge in [0.2, 0.25) is 5.91 Å². The molecule has 0 spiro atoms. The molecule has 0 bridgehead atoms. The van der Waals surface area contributed by atoms with E-state index in [1.54, 1.807) is 0 Å². The number of benzene rings is 1. The van der Waals surface area contributed by atoms with E-state index in [1.165, 1.54) is 11.3 Å². The number of anilines is 1. The molecule has 1 amide bonds. The molecule has 1 aliphatic rings. The van der Waals surface area contributed by atoms with E-state index in [1.807, 2.05) is 24.3 Å². The van der Waals surface area contributed by atoms with Crippen LogP contribution < -0.4 is 5.32 Å². The Bertz CT molecular complexity index is 578. The zero-order valence-corrected chi connectivity index (χ0v) is 12.3. The summed E-state index contributed by atoms with van der Waals surface area (Å²) < 4.78 is 6.71. The number of fused-ring (bicyclic) bond motifs is 1. The van der Waals surface area contributed by atoms with Gasteiger partial charge in [0.05, 0.1) is 16.3 Å². The van der Waals surface area contributed by atoms with E-state index in [9.17, 15) is 4.79 Å². The molecule has 4 nitrogen and oxygen atoms in total. The summed E-state index contributed by atoms with van der Waals surface area (Å²) in [6.45, 7) is 2.77. The van der Waals surface area contributed by atoms with Crippen LogP contribution in [0.2, 0.25) is 0 Å². The predicted octanol–water partition coefficient (Wildman–Crippen LogP) is 3.44. The third kappa shape index (κ3) is 2.83. The number of amides is 1. The fourth-order valence-corrected chi connectivity index (χ4v) is 3.40. The highest BCUT2D eigenvalue weighted by Crippen LogP contribution is 2.28. The topological polar surface area (TPSA) is 51.2 Å². The maximum absolute atomic E-state index is 12.3. The van der Waals surface area contributed by atoms with Crippen LogP contribution in [0, 0.1) is 5.92 Å². The van der Waals surface area contributed by atoms with Crippen LogP contribution in [0.25, 0.3) is 10.2 Å². The first-order chi connectivity index (χ1) is 9.76. The third-order valence-electron chi connectivity index (χ3n) is 3.72. The first-order valence-electron chi connectivity index (χ1n) is 7.04. The fraction of sp³-hybridized carbons (Fsp3) is 0.467. The summed E-state index contributed by atoms with van der Waals surface area (Å²) in [5, 5.41) is 3.65. The number of rotatable bonds is 3. The lowest BCUT2D eigenvalue weighted by Gasteiger charge is -2.27. The second-order valence-corrected chi connectivity index (χ2v) is 6.13. The zero-order valence-electron chi connectivity index (χ0n) is 11.5. The number of carbonyl (C=O) groups is 1. The third-order valence-corrected chi connectivity index (χ3v) is 4.67. The van der Waals surface area contributed by atoms with Crippen LogP contribution in [0.4, 0.5) is 5.13 Å². The number of para-hydroxylation sites is 1. The molecular weight excluding hydrogens is 272 g/mol. The van der Waals surface area contributed by atoms with Crippen molar-refractivity contribution in [1.82, 2.24) is 4.98 Å². The van der Waals surface area contributed by atoms with Gasteiger partial charge < -0.3 is 10.1 Å². The van der Waals surface area contributed by atoms with E-state index in [0.29, 0.717) is 11.7 Å². The maximum Gasteiger partial charge on any atom is 0.229 e. The Morgan fingerprint density at radius 1 is 1.50 bits per heavy atom. The minimum Gasteiger partial charge on any atom is -0.378 e. The van der Waals surface area contributed by atoms with Crippen molar-refractivity contribution in [2.45, 2.75) is 32.3 Å². The molecule has 3 rings (SSSR count). The first-order valence-corrected chi connectivity index (χ1v) is 7.86. The summed E-state index contributed by atoms with van der Waals surface area (Å²) in [7, 11) is 0. The summed E-state index contributed by atoms with van der Waals surface area (Å²) in [6.07, 6.45) is 2.79. The van der Waals surface area contributed by atoms with Crippen molar-refractivity contribution in [3.05, 3.63) is 24.3 Å². The van der Waals surface area contributed by atoms with E-state index in [4.69, 9.17) is 4.74 Å². The highest BCUT2D eigenvalue weighted by molar-refractivity contribution is 7.22. The maximum atomic E-state index is 12.3. The molecule has 1 aromatic heterocycles. The Morgan fingerprint density at radius 2 is 2.35 bits per heavy atom. The molecule has 0 aliphatic carbocycles. The fourth-order valence-electron chi connectivity index (χ4n) is 2.54. The normalized spacial score (nSPS) is 22.9. The minimum atomic E-state index is 0.0423. The van der Waals surface area contributed by atoms with Crippen molar-refractivity contribution in [3.8, 4) is 0 Å². The van der Waals surface area contributed by atoms with Crippen LogP contribution in [-0.2, 0) is 9.53 Å². The van der Waals surface area contributed by atoms with Crippen molar-refractivity contribution in [2.24, 2.45) is 5.92 Å². The number of aromatic nitrogens is 1. The lowest BCUT2D eigenvalue weighted by atomic mass is 9.94. The van der Waals surface area contributed by atoms with Crippen molar-refractivity contribution < 1.29 is 9.53 Å². The molecular formula is C15H18N2O2S. The van der Waals surface area contributed by atoms with Gasteiger partial charge in [0.15, 0.2) is 5.13 Å². The highest BCUT2D eigenvalue weighted by Gasteiger charge is 2.27. The van der Waals surface area contributed by atoms with E-state index < -0.39 is 0 Å². The van der Waals surface area contributed by atoms with Crippen LogP contribution in [-0.4, -0.2) is 23.6 Å². The molecule has 20 heavy (non-hydrogen) atoms. The van der Waals surface area contributed by atoms with Gasteiger partial charge in [-0.25, -0.2) is 4.98 Å². The van der Waals surface area contributed by atoms with Crippen molar-refractivity contribution in [2.75, 3.05) is 11.9 Å². The summed E-state index contributed by atoms with van der Waals surface area (Å²) in [5.74, 6) is 0.117. The van der Waals surface area contributed by atoms with Crippen LogP contribution in [0.1, 0.15) is 26.2 Å². The minimum absolute atomic E-state index is 0.0423. The quantitative estimate of drug-likeness (QED) is 0.942. The average Bonchev–Trinajstić information content (AvgIpc) is 2.89. The number of thiazole rings is 1. The van der Waals surface area contributed by atoms with Crippen LogP contribution in [0.5, 0.6) is 0 Å². The predicted molar refractivity (Wildman–Crippen MR) is 81.0 cm³/mol. The highest BCUT2D eigenvalue weighted by atomic mass is 32.1. The van der Waals surface area contributed by atoms with E-state index in [2.05, 4.69) is 17.2 Å². The molecule has 1 fully saturated rings. The molecule has 2 atom stereocenters. The second kappa shape index (κ2) is 5.89. The van der Waals surface area contributed by atoms with Crippen LogP contribution in [0.3, 0.4) is 0 Å². The van der Waals surface area contributed by atoms with Gasteiger partial charge in [-0.05, 0) is 31.4 Å². The van der Waals surface area contributed by atoms with Gasteiger partial charge in [-0.1, -0.05) is 30.4 Å². The zero-order chi connectivity index (χ0) is 13.9. The molecule has 1 aromatic carbocycles.